The van der Waals surface area contributed by atoms with Gasteiger partial charge < -0.3 is 4.90 Å². The maximum Gasteiger partial charge on any atom is 0.0370 e. The van der Waals surface area contributed by atoms with Gasteiger partial charge in [0.1, 0.15) is 0 Å². The van der Waals surface area contributed by atoms with Gasteiger partial charge in [0.25, 0.3) is 0 Å². The highest BCUT2D eigenvalue weighted by Gasteiger charge is 2.33. The molecule has 1 unspecified atom stereocenters. The van der Waals surface area contributed by atoms with Crippen molar-refractivity contribution in [2.75, 3.05) is 14.1 Å². The van der Waals surface area contributed by atoms with Crippen LogP contribution in [-0.4, -0.2) is 19.0 Å². The largest absolute Gasteiger partial charge is 0.302 e. The van der Waals surface area contributed by atoms with Crippen molar-refractivity contribution >= 4 is 15.9 Å². The van der Waals surface area contributed by atoms with Crippen molar-refractivity contribution in [2.24, 2.45) is 5.92 Å². The Bertz CT molecular complexity index is 299. The molecule has 0 heterocycles. The molecule has 1 fully saturated rings. The van der Waals surface area contributed by atoms with Crippen LogP contribution in [0.4, 0.5) is 0 Å². The lowest BCUT2D eigenvalue weighted by molar-refractivity contribution is 0.269. The smallest absolute Gasteiger partial charge is 0.0370 e. The summed E-state index contributed by atoms with van der Waals surface area (Å²) in [5.74, 6) is 0.881. The lowest BCUT2D eigenvalue weighted by atomic mass is 10.0. The monoisotopic (exact) mass is 253 g/mol. The Morgan fingerprint density at radius 1 is 1.21 bits per heavy atom. The van der Waals surface area contributed by atoms with Crippen LogP contribution >= 0.6 is 15.9 Å². The van der Waals surface area contributed by atoms with Crippen LogP contribution in [0.3, 0.4) is 0 Å². The molecule has 1 aromatic carbocycles. The van der Waals surface area contributed by atoms with Gasteiger partial charge in [0.2, 0.25) is 0 Å². The number of rotatable bonds is 3. The Morgan fingerprint density at radius 3 is 2.21 bits per heavy atom. The van der Waals surface area contributed by atoms with Gasteiger partial charge in [-0.1, -0.05) is 28.1 Å². The second-order valence-electron chi connectivity index (χ2n) is 4.30. The molecule has 76 valence electrons. The molecule has 0 saturated heterocycles. The van der Waals surface area contributed by atoms with E-state index in [9.17, 15) is 0 Å². The van der Waals surface area contributed by atoms with E-state index in [2.05, 4.69) is 59.2 Å². The van der Waals surface area contributed by atoms with Crippen molar-refractivity contribution in [3.05, 3.63) is 34.3 Å². The lowest BCUT2D eigenvalue weighted by Gasteiger charge is -2.24. The molecule has 1 aromatic rings. The molecular formula is C12H16BrN. The van der Waals surface area contributed by atoms with Crippen molar-refractivity contribution in [2.45, 2.75) is 18.9 Å². The molecule has 14 heavy (non-hydrogen) atoms. The number of halogens is 1. The molecule has 0 bridgehead atoms. The molecule has 2 rings (SSSR count). The first-order valence-electron chi connectivity index (χ1n) is 5.10. The van der Waals surface area contributed by atoms with E-state index in [1.807, 2.05) is 0 Å². The second kappa shape index (κ2) is 4.03. The van der Waals surface area contributed by atoms with Gasteiger partial charge in [0, 0.05) is 10.5 Å². The highest BCUT2D eigenvalue weighted by Crippen LogP contribution is 2.43. The van der Waals surface area contributed by atoms with Crippen molar-refractivity contribution in [3.63, 3.8) is 0 Å². The minimum Gasteiger partial charge on any atom is -0.302 e. The molecule has 0 radical (unpaired) electrons. The van der Waals surface area contributed by atoms with Crippen molar-refractivity contribution in [1.82, 2.24) is 4.90 Å². The van der Waals surface area contributed by atoms with Crippen molar-refractivity contribution < 1.29 is 0 Å². The normalized spacial score (nSPS) is 18.6. The zero-order chi connectivity index (χ0) is 10.1. The predicted molar refractivity (Wildman–Crippen MR) is 63.3 cm³/mol. The summed E-state index contributed by atoms with van der Waals surface area (Å²) in [6, 6.07) is 9.34. The molecule has 0 N–H and O–H groups in total. The van der Waals surface area contributed by atoms with Gasteiger partial charge in [-0.3, -0.25) is 0 Å². The molecule has 0 aromatic heterocycles. The summed E-state index contributed by atoms with van der Waals surface area (Å²) in [7, 11) is 4.34. The summed E-state index contributed by atoms with van der Waals surface area (Å²) in [5, 5.41) is 0. The van der Waals surface area contributed by atoms with Gasteiger partial charge in [-0.2, -0.15) is 0 Å². The van der Waals surface area contributed by atoms with E-state index in [1.54, 1.807) is 0 Å². The Morgan fingerprint density at radius 2 is 1.79 bits per heavy atom. The average Bonchev–Trinajstić information content (AvgIpc) is 2.92. The summed E-state index contributed by atoms with van der Waals surface area (Å²) in [5.41, 5.74) is 1.45. The first-order chi connectivity index (χ1) is 6.68. The van der Waals surface area contributed by atoms with Crippen LogP contribution in [0.25, 0.3) is 0 Å². The SMILES string of the molecule is CN(C)C(c1ccc(Br)cc1)C1CC1. The van der Waals surface area contributed by atoms with E-state index in [1.165, 1.54) is 18.4 Å². The topological polar surface area (TPSA) is 3.24 Å². The quantitative estimate of drug-likeness (QED) is 0.798. The summed E-state index contributed by atoms with van der Waals surface area (Å²) >= 11 is 3.47. The van der Waals surface area contributed by atoms with Gasteiger partial charge in [-0.05, 0) is 50.6 Å². The first kappa shape index (κ1) is 10.2. The van der Waals surface area contributed by atoms with E-state index in [0.29, 0.717) is 6.04 Å². The van der Waals surface area contributed by atoms with E-state index >= 15 is 0 Å². The summed E-state index contributed by atoms with van der Waals surface area (Å²) in [4.78, 5) is 2.33. The Hall–Kier alpha value is -0.340. The first-order valence-corrected chi connectivity index (χ1v) is 5.89. The fourth-order valence-electron chi connectivity index (χ4n) is 2.06. The number of hydrogen-bond acceptors (Lipinski definition) is 1. The van der Waals surface area contributed by atoms with E-state index in [4.69, 9.17) is 0 Å². The van der Waals surface area contributed by atoms with Gasteiger partial charge in [-0.15, -0.1) is 0 Å². The van der Waals surface area contributed by atoms with E-state index < -0.39 is 0 Å². The van der Waals surface area contributed by atoms with Crippen molar-refractivity contribution in [1.29, 1.82) is 0 Å². The lowest BCUT2D eigenvalue weighted by Crippen LogP contribution is -2.21. The Balaban J connectivity index is 2.21. The molecule has 1 atom stereocenters. The average molecular weight is 254 g/mol. The van der Waals surface area contributed by atoms with Crippen LogP contribution in [0.15, 0.2) is 28.7 Å². The maximum atomic E-state index is 3.47. The van der Waals surface area contributed by atoms with Gasteiger partial charge in [0.15, 0.2) is 0 Å². The standard InChI is InChI=1S/C12H16BrN/c1-14(2)12(9-3-4-9)10-5-7-11(13)8-6-10/h5-9,12H,3-4H2,1-2H3. The zero-order valence-electron chi connectivity index (χ0n) is 8.70. The predicted octanol–water partition coefficient (Wildman–Crippen LogP) is 3.46. The Labute approximate surface area is 94.2 Å². The molecule has 1 aliphatic carbocycles. The third-order valence-electron chi connectivity index (χ3n) is 2.84. The minimum atomic E-state index is 0.614. The van der Waals surface area contributed by atoms with Gasteiger partial charge in [0.05, 0.1) is 0 Å². The fraction of sp³-hybridized carbons (Fsp3) is 0.500. The third-order valence-corrected chi connectivity index (χ3v) is 3.37. The number of nitrogens with zero attached hydrogens (tertiary/aromatic N) is 1. The zero-order valence-corrected chi connectivity index (χ0v) is 10.3. The molecule has 2 heteroatoms. The van der Waals surface area contributed by atoms with Gasteiger partial charge >= 0.3 is 0 Å². The highest BCUT2D eigenvalue weighted by atomic mass is 79.9. The minimum absolute atomic E-state index is 0.614. The summed E-state index contributed by atoms with van der Waals surface area (Å²) in [6.07, 6.45) is 2.78. The van der Waals surface area contributed by atoms with E-state index in [0.717, 1.165) is 10.4 Å². The summed E-state index contributed by atoms with van der Waals surface area (Å²) < 4.78 is 1.16. The molecule has 1 aliphatic rings. The van der Waals surface area contributed by atoms with Crippen LogP contribution in [0.2, 0.25) is 0 Å². The summed E-state index contributed by atoms with van der Waals surface area (Å²) in [6.45, 7) is 0. The van der Waals surface area contributed by atoms with Crippen LogP contribution in [-0.2, 0) is 0 Å². The van der Waals surface area contributed by atoms with Gasteiger partial charge in [-0.25, -0.2) is 0 Å². The highest BCUT2D eigenvalue weighted by molar-refractivity contribution is 9.10. The molecule has 1 saturated carbocycles. The van der Waals surface area contributed by atoms with Crippen LogP contribution < -0.4 is 0 Å². The van der Waals surface area contributed by atoms with Crippen molar-refractivity contribution in [3.8, 4) is 0 Å². The maximum absolute atomic E-state index is 3.47. The molecule has 0 aliphatic heterocycles. The molecular weight excluding hydrogens is 238 g/mol. The van der Waals surface area contributed by atoms with E-state index in [-0.39, 0.29) is 0 Å². The van der Waals surface area contributed by atoms with Crippen LogP contribution in [0.1, 0.15) is 24.4 Å². The van der Waals surface area contributed by atoms with Crippen LogP contribution in [0.5, 0.6) is 0 Å². The fourth-order valence-corrected chi connectivity index (χ4v) is 2.33. The number of benzene rings is 1. The molecule has 1 nitrogen and oxygen atoms in total. The number of hydrogen-bond donors (Lipinski definition) is 0. The molecule has 0 amide bonds. The van der Waals surface area contributed by atoms with Crippen LogP contribution in [0, 0.1) is 5.92 Å². The second-order valence-corrected chi connectivity index (χ2v) is 5.21. The Kier molecular flexibility index (Phi) is 2.93. The molecule has 0 spiro atoms. The third kappa shape index (κ3) is 2.18.